The first-order valence-electron chi connectivity index (χ1n) is 9.96. The predicted molar refractivity (Wildman–Crippen MR) is 110 cm³/mol. The van der Waals surface area contributed by atoms with Crippen LogP contribution in [0.2, 0.25) is 0 Å². The zero-order chi connectivity index (χ0) is 18.6. The average Bonchev–Trinajstić information content (AvgIpc) is 3.36. The van der Waals surface area contributed by atoms with Crippen molar-refractivity contribution in [1.82, 2.24) is 15.1 Å². The predicted octanol–water partition coefficient (Wildman–Crippen LogP) is 1.12. The van der Waals surface area contributed by atoms with Crippen molar-refractivity contribution in [2.45, 2.75) is 25.3 Å². The molecule has 0 saturated carbocycles. The number of amides is 2. The lowest BCUT2D eigenvalue weighted by molar-refractivity contribution is -0.132. The van der Waals surface area contributed by atoms with E-state index in [9.17, 15) is 9.59 Å². The van der Waals surface area contributed by atoms with Crippen molar-refractivity contribution in [3.8, 4) is 5.75 Å². The average molecular weight is 409 g/mol. The zero-order valence-electron chi connectivity index (χ0n) is 16.1. The molecule has 8 heteroatoms. The molecule has 1 unspecified atom stereocenters. The van der Waals surface area contributed by atoms with E-state index >= 15 is 0 Å². The van der Waals surface area contributed by atoms with Crippen LogP contribution in [0.5, 0.6) is 5.75 Å². The Morgan fingerprint density at radius 1 is 1.18 bits per heavy atom. The number of rotatable bonds is 5. The highest BCUT2D eigenvalue weighted by atomic mass is 35.5. The third-order valence-corrected chi connectivity index (χ3v) is 5.75. The van der Waals surface area contributed by atoms with E-state index in [2.05, 4.69) is 10.2 Å². The first-order chi connectivity index (χ1) is 13.2. The summed E-state index contributed by atoms with van der Waals surface area (Å²) in [4.78, 5) is 30.6. The van der Waals surface area contributed by atoms with Crippen LogP contribution in [0, 0.1) is 0 Å². The number of halogens is 1. The summed E-state index contributed by atoms with van der Waals surface area (Å²) in [7, 11) is 0. The molecule has 1 aromatic rings. The Labute approximate surface area is 172 Å². The van der Waals surface area contributed by atoms with Crippen LogP contribution in [0.4, 0.5) is 5.69 Å². The second-order valence-corrected chi connectivity index (χ2v) is 7.50. The van der Waals surface area contributed by atoms with E-state index in [-0.39, 0.29) is 30.8 Å². The summed E-state index contributed by atoms with van der Waals surface area (Å²) in [5.74, 6) is 0.827. The molecule has 1 atom stereocenters. The number of ether oxygens (including phenoxy) is 1. The van der Waals surface area contributed by atoms with Crippen LogP contribution >= 0.6 is 12.4 Å². The molecular weight excluding hydrogens is 380 g/mol. The molecule has 0 spiro atoms. The molecule has 7 nitrogen and oxygen atoms in total. The van der Waals surface area contributed by atoms with Gasteiger partial charge in [0.25, 0.3) is 5.91 Å². The summed E-state index contributed by atoms with van der Waals surface area (Å²) < 4.78 is 5.74. The number of likely N-dealkylation sites (tertiary alicyclic amines) is 1. The monoisotopic (exact) mass is 408 g/mol. The largest absolute Gasteiger partial charge is 0.484 e. The van der Waals surface area contributed by atoms with E-state index < -0.39 is 0 Å². The molecular formula is C20H29ClN4O3. The fourth-order valence-corrected chi connectivity index (χ4v) is 4.21. The lowest BCUT2D eigenvalue weighted by atomic mass is 10.2. The van der Waals surface area contributed by atoms with Gasteiger partial charge < -0.3 is 19.9 Å². The minimum atomic E-state index is 0. The van der Waals surface area contributed by atoms with Gasteiger partial charge in [-0.25, -0.2) is 0 Å². The molecule has 0 radical (unpaired) electrons. The third kappa shape index (κ3) is 4.77. The van der Waals surface area contributed by atoms with Gasteiger partial charge in [-0.3, -0.25) is 14.5 Å². The summed E-state index contributed by atoms with van der Waals surface area (Å²) in [6.45, 7) is 6.58. The highest BCUT2D eigenvalue weighted by molar-refractivity contribution is 5.95. The van der Waals surface area contributed by atoms with Crippen molar-refractivity contribution in [2.24, 2.45) is 0 Å². The highest BCUT2D eigenvalue weighted by Crippen LogP contribution is 2.25. The van der Waals surface area contributed by atoms with Gasteiger partial charge in [-0.05, 0) is 25.0 Å². The molecule has 3 heterocycles. The number of carbonyl (C=O) groups is 2. The van der Waals surface area contributed by atoms with Crippen molar-refractivity contribution < 1.29 is 14.3 Å². The van der Waals surface area contributed by atoms with Gasteiger partial charge in [0.1, 0.15) is 5.75 Å². The van der Waals surface area contributed by atoms with Crippen LogP contribution in [-0.4, -0.2) is 80.1 Å². The van der Waals surface area contributed by atoms with E-state index in [0.29, 0.717) is 18.2 Å². The Balaban J connectivity index is 0.00000225. The van der Waals surface area contributed by atoms with Crippen LogP contribution < -0.4 is 15.0 Å². The van der Waals surface area contributed by atoms with E-state index in [1.54, 1.807) is 4.90 Å². The number of benzene rings is 1. The number of carbonyl (C=O) groups excluding carboxylic acids is 2. The first-order valence-corrected chi connectivity index (χ1v) is 9.96. The molecule has 1 N–H and O–H groups in total. The van der Waals surface area contributed by atoms with E-state index in [1.165, 1.54) is 0 Å². The van der Waals surface area contributed by atoms with Crippen LogP contribution in [0.1, 0.15) is 19.3 Å². The molecule has 0 bridgehead atoms. The summed E-state index contributed by atoms with van der Waals surface area (Å²) in [5, 5.41) is 3.37. The first kappa shape index (κ1) is 20.9. The molecule has 154 valence electrons. The number of anilines is 1. The second-order valence-electron chi connectivity index (χ2n) is 7.50. The quantitative estimate of drug-likeness (QED) is 0.791. The van der Waals surface area contributed by atoms with Gasteiger partial charge in [-0.15, -0.1) is 12.4 Å². The topological polar surface area (TPSA) is 65.1 Å². The minimum Gasteiger partial charge on any atom is -0.484 e. The lowest BCUT2D eigenvalue weighted by Gasteiger charge is -2.32. The molecule has 0 aromatic heterocycles. The van der Waals surface area contributed by atoms with Gasteiger partial charge in [-0.1, -0.05) is 6.07 Å². The maximum absolute atomic E-state index is 12.5. The number of hydrogen-bond donors (Lipinski definition) is 1. The molecule has 28 heavy (non-hydrogen) atoms. The van der Waals surface area contributed by atoms with Crippen LogP contribution in [0.15, 0.2) is 24.3 Å². The van der Waals surface area contributed by atoms with Gasteiger partial charge in [-0.2, -0.15) is 0 Å². The normalized spacial score (nSPS) is 23.0. The lowest BCUT2D eigenvalue weighted by Crippen LogP contribution is -2.49. The Bertz CT molecular complexity index is 696. The molecule has 3 aliphatic heterocycles. The van der Waals surface area contributed by atoms with Crippen molar-refractivity contribution in [3.05, 3.63) is 24.3 Å². The van der Waals surface area contributed by atoms with Crippen molar-refractivity contribution >= 4 is 29.9 Å². The summed E-state index contributed by atoms with van der Waals surface area (Å²) >= 11 is 0. The van der Waals surface area contributed by atoms with Crippen LogP contribution in [0.25, 0.3) is 0 Å². The van der Waals surface area contributed by atoms with Gasteiger partial charge in [0.05, 0.1) is 0 Å². The fraction of sp³-hybridized carbons (Fsp3) is 0.600. The van der Waals surface area contributed by atoms with E-state index in [4.69, 9.17) is 4.74 Å². The van der Waals surface area contributed by atoms with Crippen LogP contribution in [-0.2, 0) is 9.59 Å². The van der Waals surface area contributed by atoms with Crippen molar-refractivity contribution in [2.75, 3.05) is 57.3 Å². The molecule has 1 aromatic carbocycles. The van der Waals surface area contributed by atoms with E-state index in [1.807, 2.05) is 29.2 Å². The van der Waals surface area contributed by atoms with Crippen LogP contribution in [0.3, 0.4) is 0 Å². The fourth-order valence-electron chi connectivity index (χ4n) is 4.21. The molecule has 3 fully saturated rings. The molecule has 2 amide bonds. The Kier molecular flexibility index (Phi) is 7.15. The number of hydrogen-bond acceptors (Lipinski definition) is 5. The Morgan fingerprint density at radius 3 is 2.75 bits per heavy atom. The van der Waals surface area contributed by atoms with Gasteiger partial charge in [0, 0.05) is 70.0 Å². The number of piperazine rings is 1. The summed E-state index contributed by atoms with van der Waals surface area (Å²) in [6.07, 6.45) is 2.54. The molecule has 0 aliphatic carbocycles. The van der Waals surface area contributed by atoms with Gasteiger partial charge in [0.2, 0.25) is 5.91 Å². The Morgan fingerprint density at radius 2 is 2.00 bits per heavy atom. The van der Waals surface area contributed by atoms with E-state index in [0.717, 1.165) is 64.3 Å². The van der Waals surface area contributed by atoms with Crippen molar-refractivity contribution in [3.63, 3.8) is 0 Å². The zero-order valence-corrected chi connectivity index (χ0v) is 17.0. The summed E-state index contributed by atoms with van der Waals surface area (Å²) in [6, 6.07) is 7.95. The highest BCUT2D eigenvalue weighted by Gasteiger charge is 2.31. The maximum atomic E-state index is 12.5. The van der Waals surface area contributed by atoms with Gasteiger partial charge >= 0.3 is 0 Å². The third-order valence-electron chi connectivity index (χ3n) is 5.75. The molecule has 4 rings (SSSR count). The standard InChI is InChI=1S/C20H28N4O3.ClH/c25-19-5-2-9-24(19)16-3-1-4-18(13-16)27-15-20(26)23-10-6-17(14-23)22-11-7-21-8-12-22;/h1,3-4,13,17,21H,2,5-12,14-15H2;1H. The SMILES string of the molecule is Cl.O=C(COc1cccc(N2CCCC2=O)c1)N1CCC(N2CCNCC2)C1. The molecule has 3 saturated heterocycles. The molecule has 3 aliphatic rings. The summed E-state index contributed by atoms with van der Waals surface area (Å²) in [5.41, 5.74) is 0.849. The smallest absolute Gasteiger partial charge is 0.260 e. The number of nitrogens with zero attached hydrogens (tertiary/aromatic N) is 3. The Hall–Kier alpha value is -1.83. The minimum absolute atomic E-state index is 0. The number of nitrogens with one attached hydrogen (secondary N) is 1. The maximum Gasteiger partial charge on any atom is 0.260 e. The van der Waals surface area contributed by atoms with Crippen molar-refractivity contribution in [1.29, 1.82) is 0 Å². The van der Waals surface area contributed by atoms with Gasteiger partial charge in [0.15, 0.2) is 6.61 Å². The second kappa shape index (κ2) is 9.58.